The first kappa shape index (κ1) is 13.7. The van der Waals surface area contributed by atoms with Gasteiger partial charge in [-0.05, 0) is 43.3 Å². The van der Waals surface area contributed by atoms with E-state index < -0.39 is 6.10 Å². The second-order valence-corrected chi connectivity index (χ2v) is 4.19. The standard InChI is InChI=1S/C15H14N2O3/c1-11(15(18)17-10-14-3-2-8-19-14)20-13-6-4-12(9-16)5-7-13/h2-8,11H,10H2,1H3,(H,17,18)/t11-/m0/s1. The number of carbonyl (C=O) groups is 1. The number of furan rings is 1. The molecular formula is C15H14N2O3. The molecule has 2 aromatic rings. The van der Waals surface area contributed by atoms with Gasteiger partial charge in [-0.1, -0.05) is 0 Å². The number of nitrogens with one attached hydrogen (secondary N) is 1. The van der Waals surface area contributed by atoms with Crippen molar-refractivity contribution in [2.75, 3.05) is 0 Å². The molecule has 0 fully saturated rings. The minimum absolute atomic E-state index is 0.231. The van der Waals surface area contributed by atoms with Gasteiger partial charge in [-0.15, -0.1) is 0 Å². The average Bonchev–Trinajstić information content (AvgIpc) is 2.98. The van der Waals surface area contributed by atoms with Gasteiger partial charge in [0.25, 0.3) is 5.91 Å². The van der Waals surface area contributed by atoms with Gasteiger partial charge in [-0.2, -0.15) is 5.26 Å². The van der Waals surface area contributed by atoms with Gasteiger partial charge in [0.2, 0.25) is 0 Å². The van der Waals surface area contributed by atoms with Gasteiger partial charge < -0.3 is 14.5 Å². The van der Waals surface area contributed by atoms with Crippen molar-refractivity contribution in [3.8, 4) is 11.8 Å². The number of rotatable bonds is 5. The fourth-order valence-corrected chi connectivity index (χ4v) is 1.60. The van der Waals surface area contributed by atoms with Crippen LogP contribution in [0.1, 0.15) is 18.2 Å². The van der Waals surface area contributed by atoms with E-state index >= 15 is 0 Å². The van der Waals surface area contributed by atoms with Crippen molar-refractivity contribution in [2.45, 2.75) is 19.6 Å². The Morgan fingerprint density at radius 2 is 2.15 bits per heavy atom. The van der Waals surface area contributed by atoms with Crippen molar-refractivity contribution in [3.63, 3.8) is 0 Å². The monoisotopic (exact) mass is 270 g/mol. The van der Waals surface area contributed by atoms with Gasteiger partial charge in [0.05, 0.1) is 24.4 Å². The van der Waals surface area contributed by atoms with Gasteiger partial charge >= 0.3 is 0 Å². The molecule has 1 amide bonds. The molecule has 0 saturated heterocycles. The number of hydrogen-bond acceptors (Lipinski definition) is 4. The second-order valence-electron chi connectivity index (χ2n) is 4.19. The van der Waals surface area contributed by atoms with Crippen molar-refractivity contribution >= 4 is 5.91 Å². The summed E-state index contributed by atoms with van der Waals surface area (Å²) in [4.78, 5) is 11.8. The molecule has 0 aliphatic heterocycles. The summed E-state index contributed by atoms with van der Waals surface area (Å²) in [6.45, 7) is 1.99. The van der Waals surface area contributed by atoms with Crippen LogP contribution in [0.3, 0.4) is 0 Å². The molecular weight excluding hydrogens is 256 g/mol. The van der Waals surface area contributed by atoms with Crippen LogP contribution in [-0.2, 0) is 11.3 Å². The summed E-state index contributed by atoms with van der Waals surface area (Å²) in [7, 11) is 0. The molecule has 0 saturated carbocycles. The zero-order chi connectivity index (χ0) is 14.4. The van der Waals surface area contributed by atoms with Crippen LogP contribution in [0.25, 0.3) is 0 Å². The van der Waals surface area contributed by atoms with Crippen LogP contribution in [0.4, 0.5) is 0 Å². The van der Waals surface area contributed by atoms with Gasteiger partial charge in [0, 0.05) is 0 Å². The molecule has 2 rings (SSSR count). The number of carbonyl (C=O) groups excluding carboxylic acids is 1. The number of nitriles is 1. The van der Waals surface area contributed by atoms with Gasteiger partial charge in [0.1, 0.15) is 11.5 Å². The Morgan fingerprint density at radius 1 is 1.40 bits per heavy atom. The van der Waals surface area contributed by atoms with Crippen molar-refractivity contribution in [1.82, 2.24) is 5.32 Å². The van der Waals surface area contributed by atoms with E-state index in [0.29, 0.717) is 23.6 Å². The Morgan fingerprint density at radius 3 is 2.75 bits per heavy atom. The summed E-state index contributed by atoms with van der Waals surface area (Å²) in [6, 6.07) is 12.2. The summed E-state index contributed by atoms with van der Waals surface area (Å²) in [5.74, 6) is 0.999. The highest BCUT2D eigenvalue weighted by molar-refractivity contribution is 5.80. The Labute approximate surface area is 116 Å². The Balaban J connectivity index is 1.85. The van der Waals surface area contributed by atoms with E-state index in [1.807, 2.05) is 6.07 Å². The lowest BCUT2D eigenvalue weighted by atomic mass is 10.2. The maximum atomic E-state index is 11.8. The SMILES string of the molecule is C[C@H](Oc1ccc(C#N)cc1)C(=O)NCc1ccco1. The van der Waals surface area contributed by atoms with E-state index in [1.165, 1.54) is 0 Å². The van der Waals surface area contributed by atoms with Crippen LogP contribution in [0.5, 0.6) is 5.75 Å². The van der Waals surface area contributed by atoms with Crippen molar-refractivity contribution < 1.29 is 13.9 Å². The summed E-state index contributed by atoms with van der Waals surface area (Å²) in [5, 5.41) is 11.4. The lowest BCUT2D eigenvalue weighted by Gasteiger charge is -2.14. The van der Waals surface area contributed by atoms with Crippen LogP contribution in [0.2, 0.25) is 0 Å². The first-order valence-corrected chi connectivity index (χ1v) is 6.16. The van der Waals surface area contributed by atoms with E-state index in [1.54, 1.807) is 49.6 Å². The maximum absolute atomic E-state index is 11.8. The molecule has 0 aliphatic carbocycles. The van der Waals surface area contributed by atoms with E-state index in [2.05, 4.69) is 5.32 Å². The van der Waals surface area contributed by atoms with E-state index in [0.717, 1.165) is 0 Å². The van der Waals surface area contributed by atoms with Gasteiger partial charge in [0.15, 0.2) is 6.10 Å². The fourth-order valence-electron chi connectivity index (χ4n) is 1.60. The summed E-state index contributed by atoms with van der Waals surface area (Å²) in [5.41, 5.74) is 0.548. The van der Waals surface area contributed by atoms with Crippen molar-refractivity contribution in [1.29, 1.82) is 5.26 Å². The predicted molar refractivity (Wildman–Crippen MR) is 71.8 cm³/mol. The summed E-state index contributed by atoms with van der Waals surface area (Å²) >= 11 is 0. The normalized spacial score (nSPS) is 11.4. The van der Waals surface area contributed by atoms with E-state index in [-0.39, 0.29) is 5.91 Å². The molecule has 0 aliphatic rings. The Bertz CT molecular complexity index is 597. The Kier molecular flexibility index (Phi) is 4.40. The number of ether oxygens (including phenoxy) is 1. The zero-order valence-electron chi connectivity index (χ0n) is 11.0. The lowest BCUT2D eigenvalue weighted by Crippen LogP contribution is -2.35. The predicted octanol–water partition coefficient (Wildman–Crippen LogP) is 2.23. The molecule has 1 atom stereocenters. The molecule has 1 heterocycles. The lowest BCUT2D eigenvalue weighted by molar-refractivity contribution is -0.127. The zero-order valence-corrected chi connectivity index (χ0v) is 11.0. The second kappa shape index (κ2) is 6.43. The molecule has 0 unspecified atom stereocenters. The van der Waals surface area contributed by atoms with Crippen molar-refractivity contribution in [3.05, 3.63) is 54.0 Å². The van der Waals surface area contributed by atoms with Crippen LogP contribution < -0.4 is 10.1 Å². The number of benzene rings is 1. The molecule has 1 N–H and O–H groups in total. The highest BCUT2D eigenvalue weighted by Gasteiger charge is 2.14. The number of amides is 1. The first-order chi connectivity index (χ1) is 9.69. The van der Waals surface area contributed by atoms with E-state index in [4.69, 9.17) is 14.4 Å². The first-order valence-electron chi connectivity index (χ1n) is 6.16. The number of hydrogen-bond donors (Lipinski definition) is 1. The summed E-state index contributed by atoms with van der Waals surface area (Å²) < 4.78 is 10.6. The van der Waals surface area contributed by atoms with Crippen LogP contribution >= 0.6 is 0 Å². The molecule has 5 nitrogen and oxygen atoms in total. The Hall–Kier alpha value is -2.74. The van der Waals surface area contributed by atoms with Gasteiger partial charge in [-0.3, -0.25) is 4.79 Å². The highest BCUT2D eigenvalue weighted by atomic mass is 16.5. The highest BCUT2D eigenvalue weighted by Crippen LogP contribution is 2.13. The molecule has 102 valence electrons. The quantitative estimate of drug-likeness (QED) is 0.904. The fraction of sp³-hybridized carbons (Fsp3) is 0.200. The smallest absolute Gasteiger partial charge is 0.261 e. The summed E-state index contributed by atoms with van der Waals surface area (Å²) in [6.07, 6.45) is 0.927. The average molecular weight is 270 g/mol. The van der Waals surface area contributed by atoms with Crippen LogP contribution in [-0.4, -0.2) is 12.0 Å². The third kappa shape index (κ3) is 3.62. The molecule has 1 aromatic heterocycles. The molecule has 20 heavy (non-hydrogen) atoms. The maximum Gasteiger partial charge on any atom is 0.261 e. The molecule has 0 radical (unpaired) electrons. The van der Waals surface area contributed by atoms with Crippen LogP contribution in [0, 0.1) is 11.3 Å². The third-order valence-corrected chi connectivity index (χ3v) is 2.68. The minimum Gasteiger partial charge on any atom is -0.481 e. The molecule has 0 bridgehead atoms. The minimum atomic E-state index is -0.627. The largest absolute Gasteiger partial charge is 0.481 e. The molecule has 1 aromatic carbocycles. The van der Waals surface area contributed by atoms with E-state index in [9.17, 15) is 4.79 Å². The molecule has 0 spiro atoms. The van der Waals surface area contributed by atoms with Crippen LogP contribution in [0.15, 0.2) is 47.1 Å². The van der Waals surface area contributed by atoms with Gasteiger partial charge in [-0.25, -0.2) is 0 Å². The van der Waals surface area contributed by atoms with Crippen molar-refractivity contribution in [2.24, 2.45) is 0 Å². The topological polar surface area (TPSA) is 75.3 Å². The molecule has 5 heteroatoms. The third-order valence-electron chi connectivity index (χ3n) is 2.68. The number of nitrogens with zero attached hydrogens (tertiary/aromatic N) is 1.